The summed E-state index contributed by atoms with van der Waals surface area (Å²) in [6, 6.07) is 12.8. The fourth-order valence-corrected chi connectivity index (χ4v) is 4.59. The highest BCUT2D eigenvalue weighted by Crippen LogP contribution is 2.22. The van der Waals surface area contributed by atoms with Crippen molar-refractivity contribution in [3.05, 3.63) is 53.9 Å². The Morgan fingerprint density at radius 1 is 1.14 bits per heavy atom. The first-order valence-electron chi connectivity index (χ1n) is 8.76. The number of nitrogens with one attached hydrogen (secondary N) is 1. The number of aromatic amines is 1. The Morgan fingerprint density at radius 3 is 2.54 bits per heavy atom. The monoisotopic (exact) mass is 423 g/mol. The Hall–Kier alpha value is -2.13. The van der Waals surface area contributed by atoms with Crippen LogP contribution in [0, 0.1) is 0 Å². The number of halogens is 1. The molecule has 0 spiro atoms. The summed E-state index contributed by atoms with van der Waals surface area (Å²) in [6.45, 7) is 1.62. The van der Waals surface area contributed by atoms with Gasteiger partial charge in [-0.25, -0.2) is 13.4 Å². The summed E-state index contributed by atoms with van der Waals surface area (Å²) in [5.74, 6) is 1.59. The van der Waals surface area contributed by atoms with E-state index in [0.29, 0.717) is 38.2 Å². The second-order valence-corrected chi connectivity index (χ2v) is 8.34. The first-order valence-corrected chi connectivity index (χ1v) is 10.2. The lowest BCUT2D eigenvalue weighted by atomic mass is 10.1. The Bertz CT molecular complexity index is 1040. The maximum atomic E-state index is 12.8. The molecule has 1 aliphatic rings. The number of imidazole rings is 1. The van der Waals surface area contributed by atoms with Crippen LogP contribution >= 0.6 is 12.4 Å². The third-order valence-electron chi connectivity index (χ3n) is 4.64. The van der Waals surface area contributed by atoms with E-state index in [0.717, 1.165) is 22.7 Å². The van der Waals surface area contributed by atoms with Crippen molar-refractivity contribution in [1.29, 1.82) is 0 Å². The fraction of sp³-hybridized carbons (Fsp3) is 0.316. The zero-order valence-electron chi connectivity index (χ0n) is 15.4. The lowest BCUT2D eigenvalue weighted by Gasteiger charge is -2.25. The van der Waals surface area contributed by atoms with Gasteiger partial charge in [-0.3, -0.25) is 0 Å². The van der Waals surface area contributed by atoms with E-state index in [4.69, 9.17) is 9.47 Å². The molecule has 3 aromatic rings. The van der Waals surface area contributed by atoms with Crippen molar-refractivity contribution in [2.24, 2.45) is 0 Å². The Balaban J connectivity index is 0.00000225. The summed E-state index contributed by atoms with van der Waals surface area (Å²) in [5, 5.41) is 0. The normalized spacial score (nSPS) is 15.3. The van der Waals surface area contributed by atoms with Crippen LogP contribution in [0.5, 0.6) is 5.75 Å². The van der Waals surface area contributed by atoms with Gasteiger partial charge in [0.1, 0.15) is 11.6 Å². The molecule has 1 N–H and O–H groups in total. The van der Waals surface area contributed by atoms with Gasteiger partial charge in [0.2, 0.25) is 10.0 Å². The van der Waals surface area contributed by atoms with Crippen LogP contribution in [-0.2, 0) is 21.2 Å². The predicted molar refractivity (Wildman–Crippen MR) is 109 cm³/mol. The fourth-order valence-electron chi connectivity index (χ4n) is 3.16. The van der Waals surface area contributed by atoms with Gasteiger partial charge in [-0.1, -0.05) is 12.1 Å². The molecule has 0 aliphatic carbocycles. The maximum absolute atomic E-state index is 12.8. The van der Waals surface area contributed by atoms with Gasteiger partial charge < -0.3 is 14.5 Å². The van der Waals surface area contributed by atoms with Crippen LogP contribution < -0.4 is 4.74 Å². The standard InChI is InChI=1S/C19H21N3O4S.ClH/c1-25-15-4-2-14(3-5-15)12-19-20-17-7-6-16(13-18(17)21-19)27(23,24)22-8-10-26-11-9-22;/h2-7,13H,8-12H2,1H3,(H,20,21);1H. The molecular weight excluding hydrogens is 402 g/mol. The van der Waals surface area contributed by atoms with E-state index in [1.165, 1.54) is 4.31 Å². The number of sulfonamides is 1. The quantitative estimate of drug-likeness (QED) is 0.681. The molecule has 0 saturated carbocycles. The number of methoxy groups -OCH3 is 1. The number of H-pyrrole nitrogens is 1. The predicted octanol–water partition coefficient (Wildman–Crippen LogP) is 2.61. The van der Waals surface area contributed by atoms with Crippen molar-refractivity contribution in [2.75, 3.05) is 33.4 Å². The molecule has 0 unspecified atom stereocenters. The second-order valence-electron chi connectivity index (χ2n) is 6.40. The molecule has 2 heterocycles. The van der Waals surface area contributed by atoms with Crippen molar-refractivity contribution in [3.63, 3.8) is 0 Å². The first-order chi connectivity index (χ1) is 13.1. The maximum Gasteiger partial charge on any atom is 0.243 e. The highest BCUT2D eigenvalue weighted by atomic mass is 35.5. The van der Waals surface area contributed by atoms with Crippen molar-refractivity contribution < 1.29 is 17.9 Å². The summed E-state index contributed by atoms with van der Waals surface area (Å²) >= 11 is 0. The third kappa shape index (κ3) is 4.15. The zero-order valence-corrected chi connectivity index (χ0v) is 17.1. The summed E-state index contributed by atoms with van der Waals surface area (Å²) < 4.78 is 37.5. The smallest absolute Gasteiger partial charge is 0.243 e. The van der Waals surface area contributed by atoms with E-state index < -0.39 is 10.0 Å². The van der Waals surface area contributed by atoms with Crippen LogP contribution in [0.3, 0.4) is 0 Å². The van der Waals surface area contributed by atoms with Crippen LogP contribution in [0.4, 0.5) is 0 Å². The van der Waals surface area contributed by atoms with E-state index in [-0.39, 0.29) is 17.3 Å². The van der Waals surface area contributed by atoms with Gasteiger partial charge in [0.05, 0.1) is 36.3 Å². The molecule has 2 aromatic carbocycles. The minimum Gasteiger partial charge on any atom is -0.497 e. The molecule has 7 nitrogen and oxygen atoms in total. The van der Waals surface area contributed by atoms with Crippen LogP contribution in [0.2, 0.25) is 0 Å². The first kappa shape index (κ1) is 20.6. The van der Waals surface area contributed by atoms with Gasteiger partial charge in [0.15, 0.2) is 0 Å². The largest absolute Gasteiger partial charge is 0.497 e. The van der Waals surface area contributed by atoms with Gasteiger partial charge >= 0.3 is 0 Å². The van der Waals surface area contributed by atoms with Crippen molar-refractivity contribution in [1.82, 2.24) is 14.3 Å². The lowest BCUT2D eigenvalue weighted by molar-refractivity contribution is 0.0730. The van der Waals surface area contributed by atoms with Gasteiger partial charge in [-0.05, 0) is 35.9 Å². The minimum absolute atomic E-state index is 0. The molecule has 0 radical (unpaired) electrons. The van der Waals surface area contributed by atoms with Gasteiger partial charge in [-0.2, -0.15) is 4.31 Å². The molecule has 1 fully saturated rings. The lowest BCUT2D eigenvalue weighted by Crippen LogP contribution is -2.40. The summed E-state index contributed by atoms with van der Waals surface area (Å²) in [6.07, 6.45) is 0.629. The summed E-state index contributed by atoms with van der Waals surface area (Å²) in [5.41, 5.74) is 2.56. The van der Waals surface area contributed by atoms with Crippen LogP contribution in [0.25, 0.3) is 11.0 Å². The molecular formula is C19H22ClN3O4S. The number of nitrogens with zero attached hydrogens (tertiary/aromatic N) is 2. The molecule has 0 bridgehead atoms. The Morgan fingerprint density at radius 2 is 1.86 bits per heavy atom. The highest BCUT2D eigenvalue weighted by molar-refractivity contribution is 7.89. The SMILES string of the molecule is COc1ccc(Cc2nc3ccc(S(=O)(=O)N4CCOCC4)cc3[nH]2)cc1.Cl. The molecule has 28 heavy (non-hydrogen) atoms. The molecule has 0 atom stereocenters. The van der Waals surface area contributed by atoms with E-state index in [9.17, 15) is 8.42 Å². The van der Waals surface area contributed by atoms with Crippen LogP contribution in [0.1, 0.15) is 11.4 Å². The van der Waals surface area contributed by atoms with Crippen LogP contribution in [-0.4, -0.2) is 56.1 Å². The number of morpholine rings is 1. The number of hydrogen-bond acceptors (Lipinski definition) is 5. The third-order valence-corrected chi connectivity index (χ3v) is 6.54. The average Bonchev–Trinajstić information content (AvgIpc) is 3.10. The van der Waals surface area contributed by atoms with E-state index in [1.807, 2.05) is 24.3 Å². The van der Waals surface area contributed by atoms with Crippen LogP contribution in [0.15, 0.2) is 47.4 Å². The summed E-state index contributed by atoms with van der Waals surface area (Å²) in [4.78, 5) is 8.08. The molecule has 4 rings (SSSR count). The number of benzene rings is 2. The minimum atomic E-state index is -3.52. The van der Waals surface area contributed by atoms with Gasteiger partial charge in [0.25, 0.3) is 0 Å². The number of rotatable bonds is 5. The van der Waals surface area contributed by atoms with Crippen molar-refractivity contribution in [2.45, 2.75) is 11.3 Å². The summed E-state index contributed by atoms with van der Waals surface area (Å²) in [7, 11) is -1.88. The molecule has 9 heteroatoms. The number of fused-ring (bicyclic) bond motifs is 1. The van der Waals surface area contributed by atoms with E-state index in [2.05, 4.69) is 9.97 Å². The Kier molecular flexibility index (Phi) is 6.24. The molecule has 0 amide bonds. The van der Waals surface area contributed by atoms with E-state index in [1.54, 1.807) is 25.3 Å². The van der Waals surface area contributed by atoms with Gasteiger partial charge in [-0.15, -0.1) is 12.4 Å². The molecule has 150 valence electrons. The second kappa shape index (κ2) is 8.48. The van der Waals surface area contributed by atoms with Gasteiger partial charge in [0, 0.05) is 19.5 Å². The van der Waals surface area contributed by atoms with Crippen molar-refractivity contribution >= 4 is 33.5 Å². The number of aromatic nitrogens is 2. The molecule has 1 aromatic heterocycles. The highest BCUT2D eigenvalue weighted by Gasteiger charge is 2.26. The molecule has 1 aliphatic heterocycles. The average molecular weight is 424 g/mol. The Labute approximate surface area is 170 Å². The number of hydrogen-bond donors (Lipinski definition) is 1. The topological polar surface area (TPSA) is 84.5 Å². The van der Waals surface area contributed by atoms with E-state index >= 15 is 0 Å². The number of ether oxygens (including phenoxy) is 2. The zero-order chi connectivity index (χ0) is 18.9. The van der Waals surface area contributed by atoms with Crippen molar-refractivity contribution in [3.8, 4) is 5.75 Å². The molecule has 1 saturated heterocycles.